The van der Waals surface area contributed by atoms with Gasteiger partial charge in [0.2, 0.25) is 0 Å². The average Bonchev–Trinajstić information content (AvgIpc) is 3.44. The summed E-state index contributed by atoms with van der Waals surface area (Å²) in [5.74, 6) is -3.36. The van der Waals surface area contributed by atoms with Gasteiger partial charge < -0.3 is 33.7 Å². The second-order valence-electron chi connectivity index (χ2n) is 20.9. The second-order valence-corrected chi connectivity index (χ2v) is 20.9. The van der Waals surface area contributed by atoms with Crippen molar-refractivity contribution < 1.29 is 62.0 Å². The molecule has 444 valence electrons. The molecule has 4 amide bonds. The van der Waals surface area contributed by atoms with Gasteiger partial charge in [-0.3, -0.25) is 38.6 Å². The number of nitrogens with one attached hydrogen (secondary N) is 3. The van der Waals surface area contributed by atoms with Crippen molar-refractivity contribution >= 4 is 64.4 Å². The summed E-state index contributed by atoms with van der Waals surface area (Å²) in [5, 5.41) is 11.2. The van der Waals surface area contributed by atoms with Crippen molar-refractivity contribution in [2.75, 3.05) is 33.0 Å². The fourth-order valence-electron chi connectivity index (χ4n) is 7.45. The van der Waals surface area contributed by atoms with Crippen LogP contribution >= 0.6 is 0 Å². The van der Waals surface area contributed by atoms with Crippen molar-refractivity contribution in [2.24, 2.45) is 20.2 Å². The molecule has 0 spiro atoms. The molecule has 4 unspecified atom stereocenters. The molecule has 20 nitrogen and oxygen atoms in total. The van der Waals surface area contributed by atoms with E-state index < -0.39 is 47.8 Å². The van der Waals surface area contributed by atoms with Gasteiger partial charge in [-0.2, -0.15) is 10.2 Å². The van der Waals surface area contributed by atoms with Crippen molar-refractivity contribution in [3.63, 3.8) is 0 Å². The van der Waals surface area contributed by atoms with Crippen LogP contribution in [0.5, 0.6) is 0 Å². The summed E-state index contributed by atoms with van der Waals surface area (Å²) in [5.41, 5.74) is 8.02. The highest BCUT2D eigenvalue weighted by molar-refractivity contribution is 6.05. The number of benzene rings is 2. The Kier molecular flexibility index (Phi) is 31.9. The lowest BCUT2D eigenvalue weighted by molar-refractivity contribution is -0.153. The monoisotopic (exact) mass is 1120 g/mol. The van der Waals surface area contributed by atoms with Crippen LogP contribution in [-0.4, -0.2) is 133 Å². The maximum absolute atomic E-state index is 13.0. The summed E-state index contributed by atoms with van der Waals surface area (Å²) >= 11 is 0. The van der Waals surface area contributed by atoms with Gasteiger partial charge in [0.25, 0.3) is 23.6 Å². The summed E-state index contributed by atoms with van der Waals surface area (Å²) in [6, 6.07) is 12.4. The maximum Gasteiger partial charge on any atom is 0.306 e. The Morgan fingerprint density at radius 3 is 1.34 bits per heavy atom. The van der Waals surface area contributed by atoms with E-state index in [9.17, 15) is 33.6 Å². The highest BCUT2D eigenvalue weighted by atomic mass is 16.6. The van der Waals surface area contributed by atoms with E-state index in [1.165, 1.54) is 24.3 Å². The van der Waals surface area contributed by atoms with Gasteiger partial charge in [-0.15, -0.1) is 0 Å². The summed E-state index contributed by atoms with van der Waals surface area (Å²) in [6.07, 6.45) is 4.40. The molecule has 20 heteroatoms. The Hall–Kier alpha value is -6.51. The fraction of sp³-hybridized carbons (Fsp3) is 0.617. The molecule has 0 radical (unpaired) electrons. The molecule has 2 aromatic carbocycles. The van der Waals surface area contributed by atoms with Gasteiger partial charge in [0.15, 0.2) is 0 Å². The standard InChI is InChI=1S/C60H91N7O13/c1-15-59(13,16-2)62-41(6)22-21-33-75-36-44(9)79-45(10)37-76-52(68)30-27-40(5)61-55(71)48-23-19-25-50(34-48)57(73)66-64-42(7)28-31-53(69)77-38-46(11)80-47(12)39-78-54(70)32-29-43(8)65-67-58(74)51-26-20-24-49(35-51)56(72)63-60(14,17-3)18-4/h19-20,23-26,34-35,44-47H,15-18,21-22,27-33,36-39H2,1-14H3,(H,63,72)(H,66,73)(H,67,74). The Morgan fingerprint density at radius 2 is 0.900 bits per heavy atom. The third-order valence-electron chi connectivity index (χ3n) is 13.3. The molecular formula is C60H91N7O13. The summed E-state index contributed by atoms with van der Waals surface area (Å²) in [4.78, 5) is 97.9. The van der Waals surface area contributed by atoms with Crippen LogP contribution in [0, 0.1) is 0 Å². The van der Waals surface area contributed by atoms with Crippen LogP contribution in [0.25, 0.3) is 0 Å². The largest absolute Gasteiger partial charge is 0.463 e. The number of rotatable bonds is 37. The van der Waals surface area contributed by atoms with Crippen LogP contribution in [-0.2, 0) is 42.8 Å². The first-order valence-corrected chi connectivity index (χ1v) is 28.0. The molecule has 0 bridgehead atoms. The lowest BCUT2D eigenvalue weighted by Crippen LogP contribution is -2.45. The molecule has 0 aliphatic rings. The van der Waals surface area contributed by atoms with Crippen LogP contribution in [0.1, 0.15) is 215 Å². The van der Waals surface area contributed by atoms with Crippen LogP contribution < -0.4 is 16.2 Å². The number of hydrogen-bond donors (Lipinski definition) is 3. The number of aliphatic imine (C=N–C) groups is 2. The normalized spacial score (nSPS) is 14.1. The van der Waals surface area contributed by atoms with E-state index in [1.807, 2.05) is 34.6 Å². The number of nitrogens with zero attached hydrogens (tertiary/aromatic N) is 4. The van der Waals surface area contributed by atoms with Gasteiger partial charge >= 0.3 is 17.9 Å². The molecule has 80 heavy (non-hydrogen) atoms. The van der Waals surface area contributed by atoms with Gasteiger partial charge in [0.1, 0.15) is 19.8 Å². The highest BCUT2D eigenvalue weighted by Crippen LogP contribution is 2.21. The fourth-order valence-corrected chi connectivity index (χ4v) is 7.45. The van der Waals surface area contributed by atoms with Crippen LogP contribution in [0.4, 0.5) is 0 Å². The molecule has 0 aliphatic carbocycles. The Balaban J connectivity index is 1.66. The van der Waals surface area contributed by atoms with Gasteiger partial charge in [-0.1, -0.05) is 39.8 Å². The molecule has 0 fully saturated rings. The van der Waals surface area contributed by atoms with E-state index in [4.69, 9.17) is 33.4 Å². The van der Waals surface area contributed by atoms with E-state index >= 15 is 0 Å². The SMILES string of the molecule is CCC(C)(CC)N=C(C)CCCOCC(C)OC(C)COC(=O)CCC(C)=NC(=O)c1cccc(C(=O)NN=C(C)CCC(=O)OCC(C)OC(C)COC(=O)CCC(C)=NNC(=O)c2cccc(C(=O)NC(C)(CC)CC)c2)c1. The van der Waals surface area contributed by atoms with Crippen LogP contribution in [0.15, 0.2) is 68.7 Å². The van der Waals surface area contributed by atoms with Gasteiger partial charge in [0.05, 0.1) is 55.8 Å². The molecule has 2 aromatic rings. The number of amides is 4. The van der Waals surface area contributed by atoms with Gasteiger partial charge in [-0.05, 0) is 163 Å². The van der Waals surface area contributed by atoms with Gasteiger partial charge in [0, 0.05) is 57.2 Å². The first-order valence-electron chi connectivity index (χ1n) is 28.0. The minimum Gasteiger partial charge on any atom is -0.463 e. The number of carbonyl (C=O) groups is 7. The number of esters is 3. The molecule has 0 saturated heterocycles. The third kappa shape index (κ3) is 28.6. The molecule has 3 N–H and O–H groups in total. The van der Waals surface area contributed by atoms with Crippen molar-refractivity contribution in [1.29, 1.82) is 0 Å². The van der Waals surface area contributed by atoms with Crippen LogP contribution in [0.3, 0.4) is 0 Å². The average molecular weight is 1120 g/mol. The predicted molar refractivity (Wildman–Crippen MR) is 311 cm³/mol. The number of hydrogen-bond acceptors (Lipinski definition) is 16. The number of hydrazone groups is 2. The van der Waals surface area contributed by atoms with Crippen molar-refractivity contribution in [3.05, 3.63) is 70.8 Å². The van der Waals surface area contributed by atoms with Crippen LogP contribution in [0.2, 0.25) is 0 Å². The van der Waals surface area contributed by atoms with E-state index in [1.54, 1.807) is 58.9 Å². The lowest BCUT2D eigenvalue weighted by Gasteiger charge is -2.28. The van der Waals surface area contributed by atoms with E-state index in [-0.39, 0.29) is 104 Å². The number of carbonyl (C=O) groups excluding carboxylic acids is 7. The Labute approximate surface area is 474 Å². The predicted octanol–water partition coefficient (Wildman–Crippen LogP) is 9.90. The van der Waals surface area contributed by atoms with Crippen molar-refractivity contribution in [2.45, 2.75) is 209 Å². The molecule has 0 saturated carbocycles. The maximum atomic E-state index is 13.0. The smallest absolute Gasteiger partial charge is 0.306 e. The molecule has 0 aromatic heterocycles. The zero-order valence-electron chi connectivity index (χ0n) is 50.0. The molecule has 4 atom stereocenters. The highest BCUT2D eigenvalue weighted by Gasteiger charge is 2.24. The van der Waals surface area contributed by atoms with E-state index in [0.29, 0.717) is 35.9 Å². The zero-order chi connectivity index (χ0) is 59.8. The second kappa shape index (κ2) is 36.7. The first kappa shape index (κ1) is 69.6. The van der Waals surface area contributed by atoms with Crippen molar-refractivity contribution in [3.8, 4) is 0 Å². The minimum atomic E-state index is -0.580. The molecule has 0 heterocycles. The molecular weight excluding hydrogens is 1030 g/mol. The molecule has 2 rings (SSSR count). The van der Waals surface area contributed by atoms with E-state index in [0.717, 1.165) is 44.2 Å². The summed E-state index contributed by atoms with van der Waals surface area (Å²) in [6.45, 7) is 27.7. The Morgan fingerprint density at radius 1 is 0.500 bits per heavy atom. The first-order chi connectivity index (χ1) is 37.8. The number of ether oxygens (including phenoxy) is 6. The van der Waals surface area contributed by atoms with Crippen molar-refractivity contribution in [1.82, 2.24) is 16.2 Å². The third-order valence-corrected chi connectivity index (χ3v) is 13.3. The lowest BCUT2D eigenvalue weighted by atomic mass is 9.95. The summed E-state index contributed by atoms with van der Waals surface area (Å²) in [7, 11) is 0. The Bertz CT molecular complexity index is 2460. The zero-order valence-corrected chi connectivity index (χ0v) is 50.0. The molecule has 0 aliphatic heterocycles. The van der Waals surface area contributed by atoms with Gasteiger partial charge in [-0.25, -0.2) is 15.8 Å². The minimum absolute atomic E-state index is 0.00651. The quantitative estimate of drug-likeness (QED) is 0.0187. The topological polar surface area (TPSA) is 260 Å². The van der Waals surface area contributed by atoms with E-state index in [2.05, 4.69) is 59.1 Å². The summed E-state index contributed by atoms with van der Waals surface area (Å²) < 4.78 is 33.6.